The number of hydrogen-bond acceptors (Lipinski definition) is 3. The van der Waals surface area contributed by atoms with E-state index in [-0.39, 0.29) is 11.7 Å². The van der Waals surface area contributed by atoms with Crippen molar-refractivity contribution in [3.8, 4) is 5.75 Å². The van der Waals surface area contributed by atoms with Crippen molar-refractivity contribution in [3.05, 3.63) is 64.8 Å². The van der Waals surface area contributed by atoms with Crippen LogP contribution in [0.4, 0.5) is 13.2 Å². The van der Waals surface area contributed by atoms with E-state index < -0.39 is 11.7 Å². The fourth-order valence-electron chi connectivity index (χ4n) is 4.00. The number of aromatic amines is 1. The highest BCUT2D eigenvalue weighted by atomic mass is 35.5. The summed E-state index contributed by atoms with van der Waals surface area (Å²) < 4.78 is 43.7. The number of rotatable bonds is 6. The number of nitrogens with one attached hydrogen (secondary N) is 1. The van der Waals surface area contributed by atoms with Crippen LogP contribution in [-0.4, -0.2) is 41.9 Å². The molecule has 1 aromatic heterocycles. The molecular formula is C23H22ClF3N2O2. The van der Waals surface area contributed by atoms with E-state index in [2.05, 4.69) is 9.88 Å². The Morgan fingerprint density at radius 3 is 2.71 bits per heavy atom. The molecule has 0 amide bonds. The van der Waals surface area contributed by atoms with Crippen molar-refractivity contribution >= 4 is 28.3 Å². The molecule has 1 N–H and O–H groups in total. The summed E-state index contributed by atoms with van der Waals surface area (Å²) in [5, 5.41) is 1.40. The number of Topliss-reactive ketones (excluding diaryl/α,β-unsaturated/α-hetero) is 1. The molecule has 164 valence electrons. The van der Waals surface area contributed by atoms with Gasteiger partial charge in [-0.25, -0.2) is 0 Å². The van der Waals surface area contributed by atoms with E-state index in [0.29, 0.717) is 36.0 Å². The van der Waals surface area contributed by atoms with Gasteiger partial charge in [0.1, 0.15) is 5.75 Å². The van der Waals surface area contributed by atoms with Gasteiger partial charge in [-0.05, 0) is 61.9 Å². The van der Waals surface area contributed by atoms with Gasteiger partial charge in [-0.1, -0.05) is 11.6 Å². The highest BCUT2D eigenvalue weighted by Gasteiger charge is 2.30. The van der Waals surface area contributed by atoms with E-state index in [1.54, 1.807) is 18.3 Å². The molecule has 0 spiro atoms. The highest BCUT2D eigenvalue weighted by molar-refractivity contribution is 6.31. The van der Waals surface area contributed by atoms with Gasteiger partial charge in [0.15, 0.2) is 5.78 Å². The van der Waals surface area contributed by atoms with Crippen molar-refractivity contribution in [1.29, 1.82) is 0 Å². The molecule has 4 rings (SSSR count). The maximum absolute atomic E-state index is 12.9. The summed E-state index contributed by atoms with van der Waals surface area (Å²) in [6.45, 7) is 2.23. The number of halogens is 4. The quantitative estimate of drug-likeness (QED) is 0.482. The molecule has 1 aliphatic rings. The van der Waals surface area contributed by atoms with Crippen LogP contribution in [0.2, 0.25) is 5.02 Å². The SMILES string of the molecule is O=C(CN1CCCC(COc2ccc(C(F)(F)F)cc2)C1)c1c[nH]c2ccc(Cl)cc12. The van der Waals surface area contributed by atoms with Crippen LogP contribution in [0.3, 0.4) is 0 Å². The molecule has 0 saturated carbocycles. The molecule has 0 aliphatic carbocycles. The molecule has 1 atom stereocenters. The second-order valence-electron chi connectivity index (χ2n) is 7.89. The molecule has 1 saturated heterocycles. The third-order valence-corrected chi connectivity index (χ3v) is 5.82. The standard InChI is InChI=1S/C23H22ClF3N2O2/c24-17-5-8-21-19(10-17)20(11-28-21)22(30)13-29-9-1-2-15(12-29)14-31-18-6-3-16(4-7-18)23(25,26)27/h3-8,10-11,15,28H,1-2,9,12-14H2. The number of hydrogen-bond donors (Lipinski definition) is 1. The number of likely N-dealkylation sites (tertiary alicyclic amines) is 1. The topological polar surface area (TPSA) is 45.3 Å². The van der Waals surface area contributed by atoms with Gasteiger partial charge in [0.25, 0.3) is 0 Å². The summed E-state index contributed by atoms with van der Waals surface area (Å²) in [5.41, 5.74) is 0.801. The number of piperidine rings is 1. The fraction of sp³-hybridized carbons (Fsp3) is 0.348. The molecular weight excluding hydrogens is 429 g/mol. The average molecular weight is 451 g/mol. The number of carbonyl (C=O) groups excluding carboxylic acids is 1. The lowest BCUT2D eigenvalue weighted by Gasteiger charge is -2.32. The summed E-state index contributed by atoms with van der Waals surface area (Å²) in [6, 6.07) is 10.1. The fourth-order valence-corrected chi connectivity index (χ4v) is 4.17. The van der Waals surface area contributed by atoms with Gasteiger partial charge in [-0.2, -0.15) is 13.2 Å². The van der Waals surface area contributed by atoms with E-state index in [0.717, 1.165) is 42.4 Å². The van der Waals surface area contributed by atoms with E-state index in [9.17, 15) is 18.0 Å². The van der Waals surface area contributed by atoms with Crippen LogP contribution in [0.1, 0.15) is 28.8 Å². The lowest BCUT2D eigenvalue weighted by molar-refractivity contribution is -0.137. The van der Waals surface area contributed by atoms with Gasteiger partial charge in [0.05, 0.1) is 18.7 Å². The Morgan fingerprint density at radius 2 is 1.97 bits per heavy atom. The molecule has 0 radical (unpaired) electrons. The second kappa shape index (κ2) is 8.93. The zero-order valence-electron chi connectivity index (χ0n) is 16.7. The second-order valence-corrected chi connectivity index (χ2v) is 8.33. The Bertz CT molecular complexity index is 1060. The van der Waals surface area contributed by atoms with Gasteiger partial charge in [0.2, 0.25) is 0 Å². The van der Waals surface area contributed by atoms with Crippen molar-refractivity contribution in [3.63, 3.8) is 0 Å². The first-order chi connectivity index (χ1) is 14.8. The summed E-state index contributed by atoms with van der Waals surface area (Å²) in [4.78, 5) is 18.1. The molecule has 2 heterocycles. The first-order valence-corrected chi connectivity index (χ1v) is 10.5. The predicted octanol–water partition coefficient (Wildman–Crippen LogP) is 5.81. The first-order valence-electron chi connectivity index (χ1n) is 10.1. The van der Waals surface area contributed by atoms with Crippen molar-refractivity contribution in [1.82, 2.24) is 9.88 Å². The Kier molecular flexibility index (Phi) is 6.25. The number of aromatic nitrogens is 1. The Labute approximate surface area is 182 Å². The van der Waals surface area contributed by atoms with Crippen LogP contribution in [0, 0.1) is 5.92 Å². The molecule has 0 bridgehead atoms. The lowest BCUT2D eigenvalue weighted by atomic mass is 9.98. The monoisotopic (exact) mass is 450 g/mol. The van der Waals surface area contributed by atoms with Crippen LogP contribution in [0.25, 0.3) is 10.9 Å². The molecule has 4 nitrogen and oxygen atoms in total. The lowest BCUT2D eigenvalue weighted by Crippen LogP contribution is -2.40. The van der Waals surface area contributed by atoms with Crippen molar-refractivity contribution in [2.45, 2.75) is 19.0 Å². The third kappa shape index (κ3) is 5.22. The molecule has 2 aromatic carbocycles. The number of nitrogens with zero attached hydrogens (tertiary/aromatic N) is 1. The minimum absolute atomic E-state index is 0.0258. The highest BCUT2D eigenvalue weighted by Crippen LogP contribution is 2.30. The van der Waals surface area contributed by atoms with Crippen LogP contribution < -0.4 is 4.74 Å². The van der Waals surface area contributed by atoms with Crippen LogP contribution in [0.15, 0.2) is 48.7 Å². The Balaban J connectivity index is 1.33. The summed E-state index contributed by atoms with van der Waals surface area (Å²) in [6.07, 6.45) is -0.744. The summed E-state index contributed by atoms with van der Waals surface area (Å²) in [7, 11) is 0. The van der Waals surface area contributed by atoms with Gasteiger partial charge < -0.3 is 9.72 Å². The van der Waals surface area contributed by atoms with E-state index in [1.165, 1.54) is 12.1 Å². The largest absolute Gasteiger partial charge is 0.493 e. The van der Waals surface area contributed by atoms with Crippen LogP contribution >= 0.6 is 11.6 Å². The number of alkyl halides is 3. The van der Waals surface area contributed by atoms with E-state index >= 15 is 0 Å². The zero-order valence-corrected chi connectivity index (χ0v) is 17.5. The maximum atomic E-state index is 12.9. The van der Waals surface area contributed by atoms with Crippen molar-refractivity contribution in [2.24, 2.45) is 5.92 Å². The third-order valence-electron chi connectivity index (χ3n) is 5.58. The molecule has 1 fully saturated rings. The maximum Gasteiger partial charge on any atom is 0.416 e. The molecule has 1 aliphatic heterocycles. The molecule has 3 aromatic rings. The van der Waals surface area contributed by atoms with Gasteiger partial charge in [0, 0.05) is 40.1 Å². The smallest absolute Gasteiger partial charge is 0.416 e. The van der Waals surface area contributed by atoms with Gasteiger partial charge >= 0.3 is 6.18 Å². The minimum atomic E-state index is -4.36. The summed E-state index contributed by atoms with van der Waals surface area (Å²) in [5.74, 6) is 0.649. The van der Waals surface area contributed by atoms with Gasteiger partial charge in [-0.15, -0.1) is 0 Å². The predicted molar refractivity (Wildman–Crippen MR) is 114 cm³/mol. The summed E-state index contributed by atoms with van der Waals surface area (Å²) >= 11 is 6.07. The van der Waals surface area contributed by atoms with E-state index in [1.807, 2.05) is 6.07 Å². The normalized spacial score (nSPS) is 17.7. The van der Waals surface area contributed by atoms with Gasteiger partial charge in [-0.3, -0.25) is 9.69 Å². The van der Waals surface area contributed by atoms with Crippen LogP contribution in [0.5, 0.6) is 5.75 Å². The van der Waals surface area contributed by atoms with Crippen molar-refractivity contribution in [2.75, 3.05) is 26.2 Å². The number of carbonyl (C=O) groups is 1. The average Bonchev–Trinajstić information content (AvgIpc) is 3.15. The molecule has 31 heavy (non-hydrogen) atoms. The van der Waals surface area contributed by atoms with E-state index in [4.69, 9.17) is 16.3 Å². The molecule has 8 heteroatoms. The number of H-pyrrole nitrogens is 1. The first kappa shape index (κ1) is 21.7. The van der Waals surface area contributed by atoms with Crippen molar-refractivity contribution < 1.29 is 22.7 Å². The number of fused-ring (bicyclic) bond motifs is 1. The minimum Gasteiger partial charge on any atom is -0.493 e. The Morgan fingerprint density at radius 1 is 1.19 bits per heavy atom. The number of ether oxygens (including phenoxy) is 1. The number of ketones is 1. The molecule has 1 unspecified atom stereocenters. The number of benzene rings is 2. The zero-order chi connectivity index (χ0) is 22.0. The Hall–Kier alpha value is -2.51. The van der Waals surface area contributed by atoms with Crippen LogP contribution in [-0.2, 0) is 6.18 Å².